The normalized spacial score (nSPS) is 10.7. The van der Waals surface area contributed by atoms with Crippen LogP contribution in [0.4, 0.5) is 10.1 Å². The largest absolute Gasteiger partial charge is 0.491 e. The molecule has 0 atom stereocenters. The summed E-state index contributed by atoms with van der Waals surface area (Å²) in [5, 5.41) is 3.32. The van der Waals surface area contributed by atoms with Crippen LogP contribution in [0, 0.1) is 5.82 Å². The number of ether oxygens (including phenoxy) is 1. The van der Waals surface area contributed by atoms with Crippen LogP contribution in [-0.4, -0.2) is 6.10 Å². The molecule has 106 valence electrons. The van der Waals surface area contributed by atoms with Crippen molar-refractivity contribution < 1.29 is 9.13 Å². The van der Waals surface area contributed by atoms with Gasteiger partial charge in [-0.15, -0.1) is 0 Å². The van der Waals surface area contributed by atoms with E-state index in [2.05, 4.69) is 5.32 Å². The Kier molecular flexibility index (Phi) is 4.85. The van der Waals surface area contributed by atoms with Gasteiger partial charge in [-0.3, -0.25) is 0 Å². The smallest absolute Gasteiger partial charge is 0.141 e. The summed E-state index contributed by atoms with van der Waals surface area (Å²) in [5.74, 6) is 0.445. The highest BCUT2D eigenvalue weighted by Crippen LogP contribution is 2.20. The predicted octanol–water partition coefficient (Wildman–Crippen LogP) is 4.88. The molecule has 0 unspecified atom stereocenters. The molecule has 0 amide bonds. The number of benzene rings is 2. The van der Waals surface area contributed by atoms with E-state index in [1.54, 1.807) is 12.1 Å². The van der Waals surface area contributed by atoms with Crippen LogP contribution in [0.3, 0.4) is 0 Å². The lowest BCUT2D eigenvalue weighted by molar-refractivity contribution is 0.242. The van der Waals surface area contributed by atoms with E-state index in [1.807, 2.05) is 38.1 Å². The SMILES string of the molecule is CC(C)Oc1ccc(CNc2ccc(F)c(Cl)c2)cc1. The number of hydrogen-bond donors (Lipinski definition) is 1. The average molecular weight is 294 g/mol. The van der Waals surface area contributed by atoms with Crippen molar-refractivity contribution in [2.75, 3.05) is 5.32 Å². The molecular formula is C16H17ClFNO. The van der Waals surface area contributed by atoms with Gasteiger partial charge in [0.2, 0.25) is 0 Å². The summed E-state index contributed by atoms with van der Waals surface area (Å²) in [6, 6.07) is 12.5. The molecule has 0 aliphatic carbocycles. The lowest BCUT2D eigenvalue weighted by atomic mass is 10.2. The Bertz CT molecular complexity index is 569. The number of nitrogens with one attached hydrogen (secondary N) is 1. The molecule has 20 heavy (non-hydrogen) atoms. The Labute approximate surface area is 123 Å². The average Bonchev–Trinajstić information content (AvgIpc) is 2.41. The Morgan fingerprint density at radius 3 is 2.45 bits per heavy atom. The van der Waals surface area contributed by atoms with Gasteiger partial charge in [-0.05, 0) is 49.7 Å². The van der Waals surface area contributed by atoms with E-state index in [9.17, 15) is 4.39 Å². The minimum absolute atomic E-state index is 0.121. The zero-order valence-electron chi connectivity index (χ0n) is 11.5. The van der Waals surface area contributed by atoms with Gasteiger partial charge in [0.25, 0.3) is 0 Å². The second kappa shape index (κ2) is 6.62. The van der Waals surface area contributed by atoms with Crippen molar-refractivity contribution in [2.24, 2.45) is 0 Å². The predicted molar refractivity (Wildman–Crippen MR) is 80.9 cm³/mol. The molecule has 0 aliphatic heterocycles. The zero-order valence-corrected chi connectivity index (χ0v) is 12.2. The van der Waals surface area contributed by atoms with Crippen LogP contribution in [0.15, 0.2) is 42.5 Å². The molecule has 2 nitrogen and oxygen atoms in total. The minimum atomic E-state index is -0.410. The van der Waals surface area contributed by atoms with E-state index < -0.39 is 5.82 Å². The first-order valence-electron chi connectivity index (χ1n) is 6.49. The van der Waals surface area contributed by atoms with E-state index >= 15 is 0 Å². The summed E-state index contributed by atoms with van der Waals surface area (Å²) >= 11 is 5.73. The maximum absolute atomic E-state index is 13.0. The molecular weight excluding hydrogens is 277 g/mol. The van der Waals surface area contributed by atoms with Crippen LogP contribution in [0.25, 0.3) is 0 Å². The van der Waals surface area contributed by atoms with Gasteiger partial charge >= 0.3 is 0 Å². The number of halogens is 2. The van der Waals surface area contributed by atoms with Gasteiger partial charge in [0, 0.05) is 12.2 Å². The Morgan fingerprint density at radius 1 is 1.15 bits per heavy atom. The first-order valence-corrected chi connectivity index (χ1v) is 6.87. The lowest BCUT2D eigenvalue weighted by Gasteiger charge is -2.11. The van der Waals surface area contributed by atoms with Crippen molar-refractivity contribution in [3.8, 4) is 5.75 Å². The fourth-order valence-corrected chi connectivity index (χ4v) is 1.95. The Hall–Kier alpha value is -1.74. The van der Waals surface area contributed by atoms with Crippen LogP contribution in [-0.2, 0) is 6.54 Å². The fourth-order valence-electron chi connectivity index (χ4n) is 1.77. The molecule has 2 rings (SSSR count). The maximum Gasteiger partial charge on any atom is 0.141 e. The molecule has 1 N–H and O–H groups in total. The third-order valence-electron chi connectivity index (χ3n) is 2.71. The minimum Gasteiger partial charge on any atom is -0.491 e. The van der Waals surface area contributed by atoms with Crippen LogP contribution in [0.2, 0.25) is 5.02 Å². The topological polar surface area (TPSA) is 21.3 Å². The molecule has 4 heteroatoms. The number of anilines is 1. The first kappa shape index (κ1) is 14.7. The molecule has 0 saturated heterocycles. The van der Waals surface area contributed by atoms with Crippen molar-refractivity contribution in [1.82, 2.24) is 0 Å². The number of rotatable bonds is 5. The summed E-state index contributed by atoms with van der Waals surface area (Å²) in [5.41, 5.74) is 1.90. The van der Waals surface area contributed by atoms with E-state index in [0.717, 1.165) is 17.0 Å². The Morgan fingerprint density at radius 2 is 1.85 bits per heavy atom. The second-order valence-electron chi connectivity index (χ2n) is 4.79. The van der Waals surface area contributed by atoms with Crippen molar-refractivity contribution in [3.05, 3.63) is 58.9 Å². The van der Waals surface area contributed by atoms with Crippen LogP contribution in [0.1, 0.15) is 19.4 Å². The zero-order chi connectivity index (χ0) is 14.5. The fraction of sp³-hybridized carbons (Fsp3) is 0.250. The van der Waals surface area contributed by atoms with Crippen molar-refractivity contribution in [3.63, 3.8) is 0 Å². The summed E-state index contributed by atoms with van der Waals surface area (Å²) in [7, 11) is 0. The van der Waals surface area contributed by atoms with E-state index in [-0.39, 0.29) is 11.1 Å². The quantitative estimate of drug-likeness (QED) is 0.848. The van der Waals surface area contributed by atoms with E-state index in [4.69, 9.17) is 16.3 Å². The third-order valence-corrected chi connectivity index (χ3v) is 3.00. The molecule has 0 aromatic heterocycles. The molecule has 0 aliphatic rings. The Balaban J connectivity index is 1.95. The highest BCUT2D eigenvalue weighted by molar-refractivity contribution is 6.31. The molecule has 0 fully saturated rings. The summed E-state index contributed by atoms with van der Waals surface area (Å²) < 4.78 is 18.6. The van der Waals surface area contributed by atoms with Gasteiger partial charge in [-0.25, -0.2) is 4.39 Å². The lowest BCUT2D eigenvalue weighted by Crippen LogP contribution is -2.05. The summed E-state index contributed by atoms with van der Waals surface area (Å²) in [6.07, 6.45) is 0.167. The molecule has 0 saturated carbocycles. The molecule has 0 bridgehead atoms. The summed E-state index contributed by atoms with van der Waals surface area (Å²) in [6.45, 7) is 4.63. The van der Waals surface area contributed by atoms with Crippen LogP contribution < -0.4 is 10.1 Å². The monoisotopic (exact) mass is 293 g/mol. The molecule has 2 aromatic carbocycles. The van der Waals surface area contributed by atoms with Gasteiger partial charge in [0.05, 0.1) is 11.1 Å². The molecule has 0 radical (unpaired) electrons. The van der Waals surface area contributed by atoms with Crippen LogP contribution in [0.5, 0.6) is 5.75 Å². The molecule has 0 heterocycles. The van der Waals surface area contributed by atoms with E-state index in [1.165, 1.54) is 6.07 Å². The van der Waals surface area contributed by atoms with Gasteiger partial charge in [-0.2, -0.15) is 0 Å². The van der Waals surface area contributed by atoms with Crippen molar-refractivity contribution >= 4 is 17.3 Å². The van der Waals surface area contributed by atoms with Gasteiger partial charge in [-0.1, -0.05) is 23.7 Å². The highest BCUT2D eigenvalue weighted by atomic mass is 35.5. The first-order chi connectivity index (χ1) is 9.54. The van der Waals surface area contributed by atoms with E-state index in [0.29, 0.717) is 6.54 Å². The van der Waals surface area contributed by atoms with Crippen molar-refractivity contribution in [1.29, 1.82) is 0 Å². The summed E-state index contributed by atoms with van der Waals surface area (Å²) in [4.78, 5) is 0. The standard InChI is InChI=1S/C16H17ClFNO/c1-11(2)20-14-6-3-12(4-7-14)10-19-13-5-8-16(18)15(17)9-13/h3-9,11,19H,10H2,1-2H3. The van der Waals surface area contributed by atoms with Gasteiger partial charge in [0.1, 0.15) is 11.6 Å². The van der Waals surface area contributed by atoms with Gasteiger partial charge in [0.15, 0.2) is 0 Å². The van der Waals surface area contributed by atoms with Crippen molar-refractivity contribution in [2.45, 2.75) is 26.5 Å². The number of hydrogen-bond acceptors (Lipinski definition) is 2. The van der Waals surface area contributed by atoms with Crippen LogP contribution >= 0.6 is 11.6 Å². The third kappa shape index (κ3) is 4.14. The highest BCUT2D eigenvalue weighted by Gasteiger charge is 2.01. The second-order valence-corrected chi connectivity index (χ2v) is 5.20. The molecule has 2 aromatic rings. The maximum atomic E-state index is 13.0. The van der Waals surface area contributed by atoms with Gasteiger partial charge < -0.3 is 10.1 Å². The molecule has 0 spiro atoms.